The summed E-state index contributed by atoms with van der Waals surface area (Å²) >= 11 is 0. The summed E-state index contributed by atoms with van der Waals surface area (Å²) in [7, 11) is -1.98. The molecule has 0 aliphatic rings. The number of benzene rings is 5. The van der Waals surface area contributed by atoms with Crippen LogP contribution in [-0.2, 0) is 0 Å². The molecule has 0 saturated heterocycles. The van der Waals surface area contributed by atoms with E-state index >= 15 is 0 Å². The average Bonchev–Trinajstić information content (AvgIpc) is 3.21. The molecule has 42 heavy (non-hydrogen) atoms. The lowest BCUT2D eigenvalue weighted by Crippen LogP contribution is -2.40. The van der Waals surface area contributed by atoms with E-state index in [9.17, 15) is 0 Å². The molecule has 1 radical (unpaired) electrons. The van der Waals surface area contributed by atoms with Gasteiger partial charge in [-0.2, -0.15) is 4.67 Å². The molecule has 0 amide bonds. The summed E-state index contributed by atoms with van der Waals surface area (Å²) < 4.78 is 16.9. The van der Waals surface area contributed by atoms with Crippen LogP contribution in [-0.4, -0.2) is 23.9 Å². The molecular weight excluding hydrogens is 566 g/mol. The van der Waals surface area contributed by atoms with Crippen molar-refractivity contribution in [1.29, 1.82) is 0 Å². The predicted octanol–water partition coefficient (Wildman–Crippen LogP) is 10.2. The van der Waals surface area contributed by atoms with Crippen LogP contribution in [0.15, 0.2) is 99.4 Å². The summed E-state index contributed by atoms with van der Waals surface area (Å²) in [5.41, 5.74) is 3.32. The molecule has 0 saturated carbocycles. The molecule has 215 valence electrons. The molecule has 2 atom stereocenters. The minimum Gasteiger partial charge on any atom is -0.408 e. The first-order chi connectivity index (χ1) is 20.2. The van der Waals surface area contributed by atoms with Crippen LogP contribution in [0.1, 0.15) is 32.4 Å². The molecule has 1 unspecified atom stereocenters. The molecule has 0 spiro atoms. The van der Waals surface area contributed by atoms with Gasteiger partial charge in [0.25, 0.3) is 0 Å². The van der Waals surface area contributed by atoms with Crippen LogP contribution >= 0.6 is 8.16 Å². The fraction of sp³-hybridized carbons (Fsp3) is 0.278. The SMILES string of the molecule is CC[Si](C)c1cc2ccccc2c2c1op(N(C)[C@@H](C)c1ccccc1)oc1c([Si](C)(C)CC)cc3ccccc3c12. The maximum atomic E-state index is 7.30. The lowest BCUT2D eigenvalue weighted by atomic mass is 9.98. The van der Waals surface area contributed by atoms with Gasteiger partial charge in [-0.1, -0.05) is 137 Å². The Kier molecular flexibility index (Phi) is 7.97. The van der Waals surface area contributed by atoms with Crippen LogP contribution in [0.25, 0.3) is 43.5 Å². The first kappa shape index (κ1) is 29.0. The van der Waals surface area contributed by atoms with Crippen molar-refractivity contribution in [1.82, 2.24) is 0 Å². The summed E-state index contributed by atoms with van der Waals surface area (Å²) in [6.45, 7) is 14.3. The molecule has 1 heterocycles. The van der Waals surface area contributed by atoms with Crippen molar-refractivity contribution in [2.24, 2.45) is 0 Å². The van der Waals surface area contributed by atoms with Gasteiger partial charge in [0.2, 0.25) is 0 Å². The van der Waals surface area contributed by atoms with Crippen molar-refractivity contribution in [3.8, 4) is 0 Å². The highest BCUT2D eigenvalue weighted by atomic mass is 31.1. The Morgan fingerprint density at radius 1 is 0.786 bits per heavy atom. The van der Waals surface area contributed by atoms with Crippen molar-refractivity contribution in [2.75, 3.05) is 11.7 Å². The Balaban J connectivity index is 1.89. The van der Waals surface area contributed by atoms with Gasteiger partial charge >= 0.3 is 8.16 Å². The molecule has 6 rings (SSSR count). The van der Waals surface area contributed by atoms with Crippen LogP contribution < -0.4 is 15.0 Å². The maximum absolute atomic E-state index is 7.30. The molecule has 0 bridgehead atoms. The average molecular weight is 607 g/mol. The van der Waals surface area contributed by atoms with E-state index in [1.165, 1.54) is 48.3 Å². The van der Waals surface area contributed by atoms with E-state index in [4.69, 9.17) is 8.39 Å². The summed E-state index contributed by atoms with van der Waals surface area (Å²) in [4.78, 5) is 0. The van der Waals surface area contributed by atoms with Crippen LogP contribution in [0.3, 0.4) is 0 Å². The van der Waals surface area contributed by atoms with Gasteiger partial charge in [-0.05, 0) is 44.4 Å². The molecule has 6 aromatic rings. The minimum atomic E-state index is -1.84. The Hall–Kier alpha value is -3.09. The highest BCUT2D eigenvalue weighted by molar-refractivity contribution is 7.39. The number of hydrogen-bond donors (Lipinski definition) is 0. The van der Waals surface area contributed by atoms with Crippen molar-refractivity contribution < 1.29 is 8.39 Å². The predicted molar refractivity (Wildman–Crippen MR) is 190 cm³/mol. The Morgan fingerprint density at radius 2 is 1.33 bits per heavy atom. The first-order valence-electron chi connectivity index (χ1n) is 15.1. The third kappa shape index (κ3) is 4.97. The van der Waals surface area contributed by atoms with Gasteiger partial charge in [0.05, 0.1) is 16.9 Å². The summed E-state index contributed by atoms with van der Waals surface area (Å²) in [6.07, 6.45) is 0. The van der Waals surface area contributed by atoms with Gasteiger partial charge < -0.3 is 8.39 Å². The third-order valence-electron chi connectivity index (χ3n) is 9.30. The molecule has 1 aromatic heterocycles. The second-order valence-electron chi connectivity index (χ2n) is 12.2. The van der Waals surface area contributed by atoms with Crippen molar-refractivity contribution in [3.63, 3.8) is 0 Å². The highest BCUT2D eigenvalue weighted by Gasteiger charge is 2.29. The van der Waals surface area contributed by atoms with Crippen molar-refractivity contribution in [2.45, 2.75) is 58.5 Å². The van der Waals surface area contributed by atoms with Gasteiger partial charge in [0.1, 0.15) is 11.2 Å². The molecule has 6 heteroatoms. The standard InChI is InChI=1S/C36H41NO2PSi2/c1-8-41(5)31-23-27-19-13-15-21-29(27)33-34-30-22-16-14-20-28(30)24-32(42(6,7)9-2)36(34)39-40(38-35(31)33)37(4)25(3)26-17-11-10-12-18-26/h10-25H,8-9H2,1-7H3/t25-,40?/m0/s1. The molecule has 0 aliphatic carbocycles. The minimum absolute atomic E-state index is 0.129. The van der Waals surface area contributed by atoms with Crippen LogP contribution in [0.2, 0.25) is 31.7 Å². The van der Waals surface area contributed by atoms with Crippen LogP contribution in [0, 0.1) is 0 Å². The zero-order chi connectivity index (χ0) is 29.6. The normalized spacial score (nSPS) is 13.6. The molecule has 3 nitrogen and oxygen atoms in total. The van der Waals surface area contributed by atoms with E-state index in [-0.39, 0.29) is 6.04 Å². The van der Waals surface area contributed by atoms with E-state index < -0.39 is 25.0 Å². The topological polar surface area (TPSA) is 29.5 Å². The molecule has 0 fully saturated rings. The lowest BCUT2D eigenvalue weighted by molar-refractivity contribution is 0.614. The van der Waals surface area contributed by atoms with Crippen LogP contribution in [0.5, 0.6) is 0 Å². The monoisotopic (exact) mass is 606 g/mol. The van der Waals surface area contributed by atoms with E-state index in [2.05, 4.69) is 143 Å². The van der Waals surface area contributed by atoms with Crippen molar-refractivity contribution >= 4 is 78.9 Å². The number of rotatable bonds is 7. The fourth-order valence-corrected chi connectivity index (χ4v) is 10.6. The quantitative estimate of drug-likeness (QED) is 0.169. The zero-order valence-electron chi connectivity index (χ0n) is 25.9. The smallest absolute Gasteiger partial charge is 0.309 e. The van der Waals surface area contributed by atoms with Gasteiger partial charge in [-0.15, -0.1) is 0 Å². The number of nitrogens with zero attached hydrogens (tertiary/aromatic N) is 1. The van der Waals surface area contributed by atoms with E-state index in [0.29, 0.717) is 0 Å². The van der Waals surface area contributed by atoms with Crippen LogP contribution in [0.4, 0.5) is 0 Å². The summed E-state index contributed by atoms with van der Waals surface area (Å²) in [5, 5.41) is 10.2. The largest absolute Gasteiger partial charge is 0.408 e. The maximum Gasteiger partial charge on any atom is 0.309 e. The van der Waals surface area contributed by atoms with Gasteiger partial charge in [-0.3, -0.25) is 0 Å². The first-order valence-corrected chi connectivity index (χ1v) is 21.7. The van der Waals surface area contributed by atoms with E-state index in [1.807, 2.05) is 0 Å². The summed E-state index contributed by atoms with van der Waals surface area (Å²) in [5.74, 6) is 0. The number of fused-ring (bicyclic) bond motifs is 7. The second-order valence-corrected chi connectivity index (χ2v) is 21.4. The van der Waals surface area contributed by atoms with E-state index in [0.717, 1.165) is 23.3 Å². The van der Waals surface area contributed by atoms with E-state index in [1.54, 1.807) is 0 Å². The molecule has 0 aliphatic heterocycles. The molecule has 5 aromatic carbocycles. The second kappa shape index (κ2) is 11.5. The molecule has 0 N–H and O–H groups in total. The van der Waals surface area contributed by atoms with Gasteiger partial charge in [0.15, 0.2) is 0 Å². The third-order valence-corrected chi connectivity index (χ3v) is 16.8. The van der Waals surface area contributed by atoms with Crippen molar-refractivity contribution in [3.05, 3.63) is 96.6 Å². The highest BCUT2D eigenvalue weighted by Crippen LogP contribution is 2.43. The number of hydrogen-bond acceptors (Lipinski definition) is 3. The summed E-state index contributed by atoms with van der Waals surface area (Å²) in [6, 6.07) is 35.7. The van der Waals surface area contributed by atoms with Gasteiger partial charge in [0, 0.05) is 23.9 Å². The lowest BCUT2D eigenvalue weighted by Gasteiger charge is -2.24. The molecular formula is C36H41NO2PSi2. The fourth-order valence-electron chi connectivity index (χ4n) is 5.94. The Labute approximate surface area is 253 Å². The Morgan fingerprint density at radius 3 is 1.95 bits per heavy atom. The zero-order valence-corrected chi connectivity index (χ0v) is 28.8. The van der Waals surface area contributed by atoms with Gasteiger partial charge in [-0.25, -0.2) is 0 Å². The Bertz CT molecular complexity index is 1950.